The van der Waals surface area contributed by atoms with Crippen molar-refractivity contribution < 1.29 is 4.92 Å². The van der Waals surface area contributed by atoms with E-state index < -0.39 is 4.92 Å². The smallest absolute Gasteiger partial charge is 0.348 e. The Morgan fingerprint density at radius 1 is 1.42 bits per heavy atom. The van der Waals surface area contributed by atoms with E-state index in [9.17, 15) is 10.1 Å². The predicted octanol–water partition coefficient (Wildman–Crippen LogP) is 1.96. The van der Waals surface area contributed by atoms with Gasteiger partial charge in [-0.05, 0) is 20.5 Å². The molecule has 1 aromatic rings. The van der Waals surface area contributed by atoms with Crippen molar-refractivity contribution in [1.82, 2.24) is 14.9 Å². The number of anilines is 1. The summed E-state index contributed by atoms with van der Waals surface area (Å²) < 4.78 is 0. The van der Waals surface area contributed by atoms with Crippen molar-refractivity contribution in [3.8, 4) is 0 Å². The van der Waals surface area contributed by atoms with Gasteiger partial charge in [0.25, 0.3) is 0 Å². The molecule has 8 heteroatoms. The van der Waals surface area contributed by atoms with Crippen LogP contribution in [0.3, 0.4) is 0 Å². The van der Waals surface area contributed by atoms with Gasteiger partial charge in [0.2, 0.25) is 11.0 Å². The number of likely N-dealkylation sites (N-methyl/N-ethyl adjacent to an activating group) is 1. The molecular weight excluding hydrogens is 270 g/mol. The van der Waals surface area contributed by atoms with Crippen LogP contribution >= 0.6 is 11.6 Å². The van der Waals surface area contributed by atoms with Crippen LogP contribution in [-0.2, 0) is 6.42 Å². The molecule has 1 rings (SSSR count). The van der Waals surface area contributed by atoms with E-state index in [1.165, 1.54) is 0 Å². The first-order chi connectivity index (χ1) is 8.95. The molecule has 1 heterocycles. The van der Waals surface area contributed by atoms with Crippen LogP contribution in [0.25, 0.3) is 0 Å². The number of hydrogen-bond acceptors (Lipinski definition) is 6. The van der Waals surface area contributed by atoms with Gasteiger partial charge < -0.3 is 10.2 Å². The third-order valence-electron chi connectivity index (χ3n) is 2.40. The first-order valence-corrected chi connectivity index (χ1v) is 6.42. The summed E-state index contributed by atoms with van der Waals surface area (Å²) in [6.07, 6.45) is 1.49. The molecule has 0 saturated carbocycles. The average molecular weight is 288 g/mol. The van der Waals surface area contributed by atoms with Crippen LogP contribution in [0.5, 0.6) is 0 Å². The third-order valence-corrected chi connectivity index (χ3v) is 2.66. The second-order valence-corrected chi connectivity index (χ2v) is 4.72. The maximum absolute atomic E-state index is 11.0. The molecule has 0 spiro atoms. The Bertz CT molecular complexity index is 453. The topological polar surface area (TPSA) is 84.2 Å². The van der Waals surface area contributed by atoms with Crippen molar-refractivity contribution in [1.29, 1.82) is 0 Å². The van der Waals surface area contributed by atoms with Gasteiger partial charge in [0, 0.05) is 19.5 Å². The van der Waals surface area contributed by atoms with Gasteiger partial charge in [-0.25, -0.2) is 9.97 Å². The summed E-state index contributed by atoms with van der Waals surface area (Å²) in [5.41, 5.74) is -0.264. The molecule has 0 amide bonds. The standard InChI is InChI=1S/C11H18ClN5O2/c1-4-5-8-14-10(12)9(17(18)19)11(15-8)13-6-7-16(2)3/h4-7H2,1-3H3,(H,13,14,15). The molecule has 1 aromatic heterocycles. The lowest BCUT2D eigenvalue weighted by atomic mass is 10.3. The van der Waals surface area contributed by atoms with Crippen LogP contribution in [0.1, 0.15) is 19.2 Å². The molecule has 0 aliphatic heterocycles. The molecule has 19 heavy (non-hydrogen) atoms. The zero-order valence-electron chi connectivity index (χ0n) is 11.3. The Morgan fingerprint density at radius 2 is 2.11 bits per heavy atom. The second-order valence-electron chi connectivity index (χ2n) is 4.37. The quantitative estimate of drug-likeness (QED) is 0.469. The van der Waals surface area contributed by atoms with Crippen molar-refractivity contribution in [3.05, 3.63) is 21.1 Å². The Morgan fingerprint density at radius 3 is 2.63 bits per heavy atom. The van der Waals surface area contributed by atoms with E-state index in [0.29, 0.717) is 18.8 Å². The minimum atomic E-state index is -0.559. The van der Waals surface area contributed by atoms with E-state index in [1.54, 1.807) is 0 Å². The fourth-order valence-corrected chi connectivity index (χ4v) is 1.75. The van der Waals surface area contributed by atoms with Gasteiger partial charge in [0.1, 0.15) is 5.82 Å². The summed E-state index contributed by atoms with van der Waals surface area (Å²) >= 11 is 5.86. The number of nitrogens with one attached hydrogen (secondary N) is 1. The van der Waals surface area contributed by atoms with Gasteiger partial charge in [-0.3, -0.25) is 10.1 Å². The van der Waals surface area contributed by atoms with Crippen LogP contribution < -0.4 is 5.32 Å². The summed E-state index contributed by atoms with van der Waals surface area (Å²) in [7, 11) is 3.84. The van der Waals surface area contributed by atoms with Crippen molar-refractivity contribution in [2.24, 2.45) is 0 Å². The molecule has 0 saturated heterocycles. The summed E-state index contributed by atoms with van der Waals surface area (Å²) in [5, 5.41) is 13.8. The number of halogens is 1. The predicted molar refractivity (Wildman–Crippen MR) is 74.7 cm³/mol. The molecular formula is C11H18ClN5O2. The van der Waals surface area contributed by atoms with E-state index >= 15 is 0 Å². The van der Waals surface area contributed by atoms with Gasteiger partial charge >= 0.3 is 5.69 Å². The lowest BCUT2D eigenvalue weighted by Crippen LogP contribution is -2.22. The Hall–Kier alpha value is -1.47. The van der Waals surface area contributed by atoms with Gasteiger partial charge in [0.15, 0.2) is 0 Å². The molecule has 0 radical (unpaired) electrons. The summed E-state index contributed by atoms with van der Waals surface area (Å²) in [4.78, 5) is 20.5. The largest absolute Gasteiger partial charge is 0.363 e. The highest BCUT2D eigenvalue weighted by Crippen LogP contribution is 2.29. The number of nitro groups is 1. The van der Waals surface area contributed by atoms with Crippen LogP contribution in [0.15, 0.2) is 0 Å². The zero-order chi connectivity index (χ0) is 14.4. The molecule has 1 N–H and O–H groups in total. The van der Waals surface area contributed by atoms with Crippen molar-refractivity contribution >= 4 is 23.1 Å². The third kappa shape index (κ3) is 4.60. The molecule has 0 fully saturated rings. The Labute approximate surface area is 117 Å². The lowest BCUT2D eigenvalue weighted by molar-refractivity contribution is -0.384. The van der Waals surface area contributed by atoms with E-state index in [2.05, 4.69) is 15.3 Å². The first kappa shape index (κ1) is 15.6. The average Bonchev–Trinajstić information content (AvgIpc) is 2.27. The molecule has 0 aliphatic carbocycles. The summed E-state index contributed by atoms with van der Waals surface area (Å²) in [6, 6.07) is 0. The van der Waals surface area contributed by atoms with Gasteiger partial charge in [-0.15, -0.1) is 0 Å². The van der Waals surface area contributed by atoms with E-state index in [4.69, 9.17) is 11.6 Å². The molecule has 0 unspecified atom stereocenters. The molecule has 0 atom stereocenters. The lowest BCUT2D eigenvalue weighted by Gasteiger charge is -2.12. The van der Waals surface area contributed by atoms with Gasteiger partial charge in [-0.2, -0.15) is 0 Å². The molecule has 0 aromatic carbocycles. The summed E-state index contributed by atoms with van der Waals surface area (Å²) in [6.45, 7) is 3.27. The number of rotatable bonds is 7. The number of nitrogens with zero attached hydrogens (tertiary/aromatic N) is 4. The van der Waals surface area contributed by atoms with Crippen molar-refractivity contribution in [2.75, 3.05) is 32.5 Å². The Kier molecular flexibility index (Phi) is 5.91. The monoisotopic (exact) mass is 287 g/mol. The first-order valence-electron chi connectivity index (χ1n) is 6.05. The van der Waals surface area contributed by atoms with Crippen LogP contribution in [0, 0.1) is 10.1 Å². The normalized spacial score (nSPS) is 10.8. The number of aromatic nitrogens is 2. The minimum Gasteiger partial charge on any atom is -0.363 e. The Balaban J connectivity index is 2.99. The highest BCUT2D eigenvalue weighted by Gasteiger charge is 2.23. The summed E-state index contributed by atoms with van der Waals surface area (Å²) in [5.74, 6) is 0.709. The van der Waals surface area contributed by atoms with Gasteiger partial charge in [0.05, 0.1) is 4.92 Å². The molecule has 0 bridgehead atoms. The fraction of sp³-hybridized carbons (Fsp3) is 0.636. The number of aryl methyl sites for hydroxylation is 1. The molecule has 7 nitrogen and oxygen atoms in total. The van der Waals surface area contributed by atoms with E-state index in [0.717, 1.165) is 13.0 Å². The highest BCUT2D eigenvalue weighted by atomic mass is 35.5. The van der Waals surface area contributed by atoms with E-state index in [-0.39, 0.29) is 16.7 Å². The maximum atomic E-state index is 11.0. The van der Waals surface area contributed by atoms with Gasteiger partial charge in [-0.1, -0.05) is 18.5 Å². The maximum Gasteiger partial charge on any atom is 0.348 e. The van der Waals surface area contributed by atoms with Crippen LogP contribution in [-0.4, -0.2) is 47.0 Å². The molecule has 106 valence electrons. The fourth-order valence-electron chi connectivity index (χ4n) is 1.49. The molecule has 0 aliphatic rings. The second kappa shape index (κ2) is 7.20. The zero-order valence-corrected chi connectivity index (χ0v) is 12.1. The highest BCUT2D eigenvalue weighted by molar-refractivity contribution is 6.31. The minimum absolute atomic E-state index is 0.115. The SMILES string of the molecule is CCCc1nc(Cl)c([N+](=O)[O-])c(NCCN(C)C)n1. The number of hydrogen-bond donors (Lipinski definition) is 1. The van der Waals surface area contributed by atoms with Crippen LogP contribution in [0.2, 0.25) is 5.15 Å². The van der Waals surface area contributed by atoms with Crippen molar-refractivity contribution in [2.45, 2.75) is 19.8 Å². The van der Waals surface area contributed by atoms with Crippen molar-refractivity contribution in [3.63, 3.8) is 0 Å². The van der Waals surface area contributed by atoms with Crippen LogP contribution in [0.4, 0.5) is 11.5 Å². The van der Waals surface area contributed by atoms with E-state index in [1.807, 2.05) is 25.9 Å².